The molecule has 1 saturated heterocycles. The molecular weight excluding hydrogens is 292 g/mol. The lowest BCUT2D eigenvalue weighted by atomic mass is 10.1. The highest BCUT2D eigenvalue weighted by molar-refractivity contribution is 7.99. The van der Waals surface area contributed by atoms with Crippen LogP contribution in [0, 0.1) is 13.8 Å². The number of alkyl halides is 1. The number of rotatable bonds is 5. The van der Waals surface area contributed by atoms with Crippen molar-refractivity contribution < 1.29 is 4.79 Å². The lowest BCUT2D eigenvalue weighted by Gasteiger charge is -2.26. The van der Waals surface area contributed by atoms with Gasteiger partial charge in [-0.25, -0.2) is 0 Å². The van der Waals surface area contributed by atoms with Crippen molar-refractivity contribution >= 4 is 29.1 Å². The summed E-state index contributed by atoms with van der Waals surface area (Å²) in [7, 11) is 0. The smallest absolute Gasteiger partial charge is 0.182 e. The van der Waals surface area contributed by atoms with Crippen molar-refractivity contribution in [2.75, 3.05) is 31.1 Å². The minimum Gasteiger partial charge on any atom is -0.347 e. The Balaban J connectivity index is 2.06. The van der Waals surface area contributed by atoms with E-state index in [1.54, 1.807) is 6.92 Å². The Labute approximate surface area is 130 Å². The number of aryl methyl sites for hydroxylation is 1. The summed E-state index contributed by atoms with van der Waals surface area (Å²) in [5, 5.41) is -0.455. The first-order valence-corrected chi connectivity index (χ1v) is 8.75. The van der Waals surface area contributed by atoms with Gasteiger partial charge in [-0.05, 0) is 26.8 Å². The highest BCUT2D eigenvalue weighted by Crippen LogP contribution is 2.19. The predicted octanol–water partition coefficient (Wildman–Crippen LogP) is 2.96. The standard InChI is InChI=1S/C15H23ClN2OS/c1-11-10-14(15(19)12(2)16)13(3)18(11)5-4-17-6-8-20-9-7-17/h10,12H,4-9H2,1-3H3. The summed E-state index contributed by atoms with van der Waals surface area (Å²) < 4.78 is 2.24. The zero-order valence-electron chi connectivity index (χ0n) is 12.5. The second-order valence-electron chi connectivity index (χ2n) is 5.37. The molecule has 1 aliphatic heterocycles. The van der Waals surface area contributed by atoms with Gasteiger partial charge in [0.1, 0.15) is 0 Å². The second-order valence-corrected chi connectivity index (χ2v) is 7.25. The number of nitrogens with zero attached hydrogens (tertiary/aromatic N) is 2. The fourth-order valence-corrected chi connectivity index (χ4v) is 3.77. The molecule has 0 bridgehead atoms. The van der Waals surface area contributed by atoms with Gasteiger partial charge in [-0.1, -0.05) is 0 Å². The van der Waals surface area contributed by atoms with Gasteiger partial charge in [-0.15, -0.1) is 11.6 Å². The van der Waals surface area contributed by atoms with Gasteiger partial charge in [0.05, 0.1) is 5.38 Å². The molecule has 0 N–H and O–H groups in total. The van der Waals surface area contributed by atoms with E-state index in [-0.39, 0.29) is 5.78 Å². The van der Waals surface area contributed by atoms with E-state index < -0.39 is 5.38 Å². The molecular formula is C15H23ClN2OS. The molecule has 1 aromatic heterocycles. The third kappa shape index (κ3) is 3.60. The first-order valence-electron chi connectivity index (χ1n) is 7.16. The molecule has 1 aliphatic rings. The van der Waals surface area contributed by atoms with Crippen LogP contribution >= 0.6 is 23.4 Å². The molecule has 1 aromatic rings. The summed E-state index contributed by atoms with van der Waals surface area (Å²) in [5.74, 6) is 2.49. The molecule has 1 fully saturated rings. The first-order chi connectivity index (χ1) is 9.50. The van der Waals surface area contributed by atoms with E-state index >= 15 is 0 Å². The van der Waals surface area contributed by atoms with Crippen molar-refractivity contribution in [2.45, 2.75) is 32.7 Å². The number of carbonyl (C=O) groups excluding carboxylic acids is 1. The monoisotopic (exact) mass is 314 g/mol. The van der Waals surface area contributed by atoms with Gasteiger partial charge in [-0.3, -0.25) is 9.69 Å². The van der Waals surface area contributed by atoms with Crippen LogP contribution in [-0.2, 0) is 6.54 Å². The van der Waals surface area contributed by atoms with Gasteiger partial charge >= 0.3 is 0 Å². The lowest BCUT2D eigenvalue weighted by molar-refractivity contribution is 0.0991. The van der Waals surface area contributed by atoms with Crippen LogP contribution in [0.25, 0.3) is 0 Å². The van der Waals surface area contributed by atoms with Gasteiger partial charge in [0.15, 0.2) is 5.78 Å². The molecule has 2 heterocycles. The van der Waals surface area contributed by atoms with Crippen molar-refractivity contribution in [3.05, 3.63) is 23.0 Å². The average Bonchev–Trinajstić information content (AvgIpc) is 2.72. The van der Waals surface area contributed by atoms with Gasteiger partial charge in [0.25, 0.3) is 0 Å². The van der Waals surface area contributed by atoms with E-state index in [0.29, 0.717) is 0 Å². The van der Waals surface area contributed by atoms with Gasteiger partial charge in [0.2, 0.25) is 0 Å². The zero-order chi connectivity index (χ0) is 14.7. The van der Waals surface area contributed by atoms with E-state index in [2.05, 4.69) is 16.4 Å². The Hall–Kier alpha value is -0.450. The maximum atomic E-state index is 12.1. The van der Waals surface area contributed by atoms with Crippen LogP contribution in [0.15, 0.2) is 6.07 Å². The Kier molecular flexibility index (Phi) is 5.58. The lowest BCUT2D eigenvalue weighted by Crippen LogP contribution is -2.35. The summed E-state index contributed by atoms with van der Waals surface area (Å²) in [6.07, 6.45) is 0. The highest BCUT2D eigenvalue weighted by atomic mass is 35.5. The Morgan fingerprint density at radius 1 is 1.35 bits per heavy atom. The molecule has 5 heteroatoms. The van der Waals surface area contributed by atoms with Crippen molar-refractivity contribution in [1.29, 1.82) is 0 Å². The predicted molar refractivity (Wildman–Crippen MR) is 87.3 cm³/mol. The summed E-state index contributed by atoms with van der Waals surface area (Å²) >= 11 is 7.96. The SMILES string of the molecule is Cc1cc(C(=O)C(C)Cl)c(C)n1CCN1CCSCC1. The summed E-state index contributed by atoms with van der Waals surface area (Å²) in [4.78, 5) is 14.6. The third-order valence-electron chi connectivity index (χ3n) is 3.94. The van der Waals surface area contributed by atoms with Crippen molar-refractivity contribution in [2.24, 2.45) is 0 Å². The average molecular weight is 315 g/mol. The van der Waals surface area contributed by atoms with Crippen LogP contribution in [0.1, 0.15) is 28.7 Å². The Morgan fingerprint density at radius 3 is 2.60 bits per heavy atom. The maximum absolute atomic E-state index is 12.1. The fourth-order valence-electron chi connectivity index (χ4n) is 2.68. The van der Waals surface area contributed by atoms with Crippen LogP contribution < -0.4 is 0 Å². The van der Waals surface area contributed by atoms with E-state index in [0.717, 1.165) is 30.0 Å². The Bertz CT molecular complexity index is 478. The number of hydrogen-bond acceptors (Lipinski definition) is 3. The minimum absolute atomic E-state index is 0.0281. The van der Waals surface area contributed by atoms with Crippen LogP contribution in [0.4, 0.5) is 0 Å². The summed E-state index contributed by atoms with van der Waals surface area (Å²) in [6.45, 7) is 10.2. The molecule has 0 spiro atoms. The molecule has 112 valence electrons. The molecule has 0 aliphatic carbocycles. The van der Waals surface area contributed by atoms with Crippen LogP contribution in [0.2, 0.25) is 0 Å². The summed E-state index contributed by atoms with van der Waals surface area (Å²) in [6, 6.07) is 1.97. The third-order valence-corrected chi connectivity index (χ3v) is 5.08. The molecule has 2 rings (SSSR count). The molecule has 0 radical (unpaired) electrons. The number of carbonyl (C=O) groups is 1. The van der Waals surface area contributed by atoms with Gasteiger partial charge < -0.3 is 4.57 Å². The highest BCUT2D eigenvalue weighted by Gasteiger charge is 2.19. The normalized spacial score (nSPS) is 18.2. The molecule has 3 nitrogen and oxygen atoms in total. The van der Waals surface area contributed by atoms with E-state index in [4.69, 9.17) is 11.6 Å². The van der Waals surface area contributed by atoms with Crippen molar-refractivity contribution in [3.8, 4) is 0 Å². The first kappa shape index (κ1) is 15.9. The number of halogens is 1. The second kappa shape index (κ2) is 7.01. The van der Waals surface area contributed by atoms with Crippen LogP contribution in [-0.4, -0.2) is 51.8 Å². The van der Waals surface area contributed by atoms with Crippen LogP contribution in [0.5, 0.6) is 0 Å². The number of ketones is 1. The van der Waals surface area contributed by atoms with Gasteiger partial charge in [0, 0.05) is 54.6 Å². The van der Waals surface area contributed by atoms with Crippen molar-refractivity contribution in [3.63, 3.8) is 0 Å². The molecule has 20 heavy (non-hydrogen) atoms. The molecule has 1 unspecified atom stereocenters. The maximum Gasteiger partial charge on any atom is 0.182 e. The molecule has 1 atom stereocenters. The number of Topliss-reactive ketones (excluding diaryl/α,β-unsaturated/α-hetero) is 1. The number of hydrogen-bond donors (Lipinski definition) is 0. The van der Waals surface area contributed by atoms with Crippen molar-refractivity contribution in [1.82, 2.24) is 9.47 Å². The zero-order valence-corrected chi connectivity index (χ0v) is 14.1. The molecule has 0 amide bonds. The fraction of sp³-hybridized carbons (Fsp3) is 0.667. The van der Waals surface area contributed by atoms with E-state index in [1.807, 2.05) is 24.8 Å². The van der Waals surface area contributed by atoms with E-state index in [9.17, 15) is 4.79 Å². The minimum atomic E-state index is -0.455. The topological polar surface area (TPSA) is 25.2 Å². The van der Waals surface area contributed by atoms with Crippen LogP contribution in [0.3, 0.4) is 0 Å². The number of aromatic nitrogens is 1. The van der Waals surface area contributed by atoms with Gasteiger partial charge in [-0.2, -0.15) is 11.8 Å². The number of thioether (sulfide) groups is 1. The van der Waals surface area contributed by atoms with E-state index in [1.165, 1.54) is 24.6 Å². The quantitative estimate of drug-likeness (QED) is 0.617. The largest absolute Gasteiger partial charge is 0.347 e. The Morgan fingerprint density at radius 2 is 2.00 bits per heavy atom. The molecule has 0 aromatic carbocycles. The molecule has 0 saturated carbocycles. The summed E-state index contributed by atoms with van der Waals surface area (Å²) in [5.41, 5.74) is 2.97.